The van der Waals surface area contributed by atoms with Crippen molar-refractivity contribution in [3.05, 3.63) is 18.0 Å². The fourth-order valence-corrected chi connectivity index (χ4v) is 3.64. The van der Waals surface area contributed by atoms with Gasteiger partial charge in [-0.15, -0.1) is 0 Å². The number of hydrogen-bond acceptors (Lipinski definition) is 4. The van der Waals surface area contributed by atoms with Crippen LogP contribution in [0.2, 0.25) is 0 Å². The number of carbonyl (C=O) groups is 2. The van der Waals surface area contributed by atoms with Crippen LogP contribution in [-0.2, 0) is 9.53 Å². The first kappa shape index (κ1) is 16.0. The Morgan fingerprint density at radius 2 is 2.04 bits per heavy atom. The highest BCUT2D eigenvalue weighted by Crippen LogP contribution is 2.30. The lowest BCUT2D eigenvalue weighted by Crippen LogP contribution is -2.53. The minimum atomic E-state index is -0.906. The zero-order valence-electron chi connectivity index (χ0n) is 13.2. The van der Waals surface area contributed by atoms with Crippen molar-refractivity contribution in [1.29, 1.82) is 0 Å². The van der Waals surface area contributed by atoms with Crippen molar-refractivity contribution in [2.45, 2.75) is 56.5 Å². The van der Waals surface area contributed by atoms with Gasteiger partial charge in [0.05, 0.1) is 18.0 Å². The van der Waals surface area contributed by atoms with Gasteiger partial charge in [-0.05, 0) is 31.7 Å². The number of aromatic nitrogens is 2. The van der Waals surface area contributed by atoms with Gasteiger partial charge >= 0.3 is 5.97 Å². The molecule has 0 radical (unpaired) electrons. The summed E-state index contributed by atoms with van der Waals surface area (Å²) >= 11 is 0. The van der Waals surface area contributed by atoms with Gasteiger partial charge in [-0.25, -0.2) is 0 Å². The Balaban J connectivity index is 1.76. The van der Waals surface area contributed by atoms with E-state index in [1.807, 2.05) is 0 Å². The molecule has 0 unspecified atom stereocenters. The van der Waals surface area contributed by atoms with Gasteiger partial charge in [0.15, 0.2) is 0 Å². The fraction of sp³-hybridized carbons (Fsp3) is 0.688. The maximum Gasteiger partial charge on any atom is 0.305 e. The monoisotopic (exact) mass is 321 g/mol. The third-order valence-corrected chi connectivity index (χ3v) is 4.89. The van der Waals surface area contributed by atoms with Gasteiger partial charge in [0.2, 0.25) is 0 Å². The molecule has 0 atom stereocenters. The molecular formula is C16H23N3O4. The van der Waals surface area contributed by atoms with Crippen LogP contribution in [0.4, 0.5) is 0 Å². The molecule has 0 spiro atoms. The largest absolute Gasteiger partial charge is 0.481 e. The summed E-state index contributed by atoms with van der Waals surface area (Å²) in [6.07, 6.45) is 6.98. The maximum atomic E-state index is 12.7. The van der Waals surface area contributed by atoms with Crippen molar-refractivity contribution >= 4 is 11.9 Å². The molecule has 2 heterocycles. The van der Waals surface area contributed by atoms with Gasteiger partial charge in [-0.2, -0.15) is 5.10 Å². The summed E-state index contributed by atoms with van der Waals surface area (Å²) in [6, 6.07) is 1.98. The molecule has 7 heteroatoms. The molecule has 1 aromatic heterocycles. The zero-order chi connectivity index (χ0) is 16.3. The van der Waals surface area contributed by atoms with E-state index in [0.29, 0.717) is 31.7 Å². The number of amides is 1. The molecule has 2 fully saturated rings. The predicted octanol–water partition coefficient (Wildman–Crippen LogP) is 1.75. The molecule has 7 nitrogen and oxygen atoms in total. The average molecular weight is 321 g/mol. The third kappa shape index (κ3) is 3.55. The van der Waals surface area contributed by atoms with Crippen LogP contribution in [0.25, 0.3) is 0 Å². The first-order chi connectivity index (χ1) is 11.1. The number of carbonyl (C=O) groups excluding carboxylic acids is 1. The lowest BCUT2D eigenvalue weighted by Gasteiger charge is -2.36. The lowest BCUT2D eigenvalue weighted by atomic mass is 9.86. The number of ether oxygens (including phenoxy) is 1. The zero-order valence-corrected chi connectivity index (χ0v) is 13.2. The van der Waals surface area contributed by atoms with E-state index < -0.39 is 11.5 Å². The van der Waals surface area contributed by atoms with Crippen LogP contribution in [0.15, 0.2) is 12.3 Å². The average Bonchev–Trinajstić information content (AvgIpc) is 3.18. The Labute approximate surface area is 135 Å². The topological polar surface area (TPSA) is 93.5 Å². The highest BCUT2D eigenvalue weighted by molar-refractivity contribution is 5.93. The smallest absolute Gasteiger partial charge is 0.305 e. The van der Waals surface area contributed by atoms with Gasteiger partial charge in [0.25, 0.3) is 5.91 Å². The lowest BCUT2D eigenvalue weighted by molar-refractivity contribution is -0.139. The molecule has 1 amide bonds. The second kappa shape index (κ2) is 6.70. The Bertz CT molecular complexity index is 572. The molecule has 126 valence electrons. The van der Waals surface area contributed by atoms with Gasteiger partial charge in [-0.1, -0.05) is 12.8 Å². The number of carboxylic acids is 1. The SMILES string of the molecule is O=C(O)CC1(NC(=O)c2ccnn2C2CCCC2)CCOCC1. The van der Waals surface area contributed by atoms with E-state index in [2.05, 4.69) is 10.4 Å². The first-order valence-electron chi connectivity index (χ1n) is 8.25. The standard InChI is InChI=1S/C16H23N3O4/c20-14(21)11-16(6-9-23-10-7-16)18-15(22)13-5-8-17-19(13)12-3-1-2-4-12/h5,8,12H,1-4,6-7,9-11H2,(H,18,22)(H,20,21). The molecule has 1 aromatic rings. The van der Waals surface area contributed by atoms with Crippen molar-refractivity contribution in [2.24, 2.45) is 0 Å². The summed E-state index contributed by atoms with van der Waals surface area (Å²) in [5.74, 6) is -1.14. The molecule has 0 aromatic carbocycles. The molecular weight excluding hydrogens is 298 g/mol. The van der Waals surface area contributed by atoms with E-state index in [-0.39, 0.29) is 18.4 Å². The minimum Gasteiger partial charge on any atom is -0.481 e. The minimum absolute atomic E-state index is 0.0837. The highest BCUT2D eigenvalue weighted by atomic mass is 16.5. The molecule has 1 saturated carbocycles. The van der Waals surface area contributed by atoms with E-state index in [0.717, 1.165) is 25.7 Å². The van der Waals surface area contributed by atoms with Crippen LogP contribution in [0.3, 0.4) is 0 Å². The number of rotatable bonds is 5. The van der Waals surface area contributed by atoms with Gasteiger partial charge in [0, 0.05) is 19.4 Å². The Kier molecular flexibility index (Phi) is 4.66. The number of carboxylic acid groups (broad SMARTS) is 1. The molecule has 3 rings (SSSR count). The van der Waals surface area contributed by atoms with Gasteiger partial charge in [-0.3, -0.25) is 14.3 Å². The van der Waals surface area contributed by atoms with Crippen molar-refractivity contribution in [3.8, 4) is 0 Å². The summed E-state index contributed by atoms with van der Waals surface area (Å²) < 4.78 is 7.12. The molecule has 1 aliphatic carbocycles. The molecule has 1 aliphatic heterocycles. The first-order valence-corrected chi connectivity index (χ1v) is 8.25. The second-order valence-electron chi connectivity index (χ2n) is 6.52. The Morgan fingerprint density at radius 1 is 1.35 bits per heavy atom. The number of nitrogens with one attached hydrogen (secondary N) is 1. The van der Waals surface area contributed by atoms with Crippen LogP contribution < -0.4 is 5.32 Å². The van der Waals surface area contributed by atoms with Gasteiger partial charge < -0.3 is 15.2 Å². The molecule has 2 aliphatic rings. The summed E-state index contributed by atoms with van der Waals surface area (Å²) in [4.78, 5) is 23.9. The van der Waals surface area contributed by atoms with E-state index in [1.165, 1.54) is 0 Å². The van der Waals surface area contributed by atoms with Crippen LogP contribution in [0.1, 0.15) is 61.5 Å². The summed E-state index contributed by atoms with van der Waals surface area (Å²) in [5, 5.41) is 16.5. The molecule has 1 saturated heterocycles. The van der Waals surface area contributed by atoms with Crippen LogP contribution in [0, 0.1) is 0 Å². The maximum absolute atomic E-state index is 12.7. The molecule has 0 bridgehead atoms. The normalized spacial score (nSPS) is 21.2. The van der Waals surface area contributed by atoms with Crippen molar-refractivity contribution < 1.29 is 19.4 Å². The third-order valence-electron chi connectivity index (χ3n) is 4.89. The second-order valence-corrected chi connectivity index (χ2v) is 6.52. The van der Waals surface area contributed by atoms with Crippen molar-refractivity contribution in [2.75, 3.05) is 13.2 Å². The number of aliphatic carboxylic acids is 1. The van der Waals surface area contributed by atoms with Crippen LogP contribution in [0.5, 0.6) is 0 Å². The van der Waals surface area contributed by atoms with E-state index in [4.69, 9.17) is 4.74 Å². The summed E-state index contributed by atoms with van der Waals surface area (Å²) in [6.45, 7) is 0.935. The Morgan fingerprint density at radius 3 is 2.70 bits per heavy atom. The van der Waals surface area contributed by atoms with E-state index in [9.17, 15) is 14.7 Å². The van der Waals surface area contributed by atoms with Crippen LogP contribution in [-0.4, -0.2) is 45.5 Å². The van der Waals surface area contributed by atoms with Crippen LogP contribution >= 0.6 is 0 Å². The molecule has 23 heavy (non-hydrogen) atoms. The quantitative estimate of drug-likeness (QED) is 0.862. The number of nitrogens with zero attached hydrogens (tertiary/aromatic N) is 2. The summed E-state index contributed by atoms with van der Waals surface area (Å²) in [5.41, 5.74) is -0.209. The van der Waals surface area contributed by atoms with Crippen molar-refractivity contribution in [1.82, 2.24) is 15.1 Å². The predicted molar refractivity (Wildman–Crippen MR) is 82.2 cm³/mol. The Hall–Kier alpha value is -1.89. The molecule has 2 N–H and O–H groups in total. The van der Waals surface area contributed by atoms with Crippen molar-refractivity contribution in [3.63, 3.8) is 0 Å². The fourth-order valence-electron chi connectivity index (χ4n) is 3.64. The summed E-state index contributed by atoms with van der Waals surface area (Å²) in [7, 11) is 0. The van der Waals surface area contributed by atoms with E-state index >= 15 is 0 Å². The number of hydrogen-bond donors (Lipinski definition) is 2. The highest BCUT2D eigenvalue weighted by Gasteiger charge is 2.37. The van der Waals surface area contributed by atoms with E-state index in [1.54, 1.807) is 16.9 Å². The van der Waals surface area contributed by atoms with Gasteiger partial charge in [0.1, 0.15) is 5.69 Å².